The van der Waals surface area contributed by atoms with Gasteiger partial charge in [0, 0.05) is 24.0 Å². The first-order chi connectivity index (χ1) is 6.72. The van der Waals surface area contributed by atoms with E-state index >= 15 is 0 Å². The molecule has 4 nitrogen and oxygen atoms in total. The molecule has 1 atom stereocenters. The Bertz CT molecular complexity index is 446. The fourth-order valence-corrected chi connectivity index (χ4v) is 1.39. The topological polar surface area (TPSA) is 42.2 Å². The molecule has 0 radical (unpaired) electrons. The molecule has 0 aliphatic rings. The van der Waals surface area contributed by atoms with Crippen LogP contribution in [0.15, 0.2) is 18.3 Å². The molecule has 0 amide bonds. The molecule has 0 bridgehead atoms. The monoisotopic (exact) mass is 190 g/mol. The molecule has 0 fully saturated rings. The second kappa shape index (κ2) is 3.38. The first-order valence-electron chi connectivity index (χ1n) is 4.71. The van der Waals surface area contributed by atoms with Gasteiger partial charge in [-0.15, -0.1) is 0 Å². The molecule has 0 aliphatic carbocycles. The summed E-state index contributed by atoms with van der Waals surface area (Å²) in [7, 11) is 1.93. The van der Waals surface area contributed by atoms with Gasteiger partial charge in [0.1, 0.15) is 0 Å². The molecule has 0 saturated carbocycles. The lowest BCUT2D eigenvalue weighted by Gasteiger charge is -2.04. The van der Waals surface area contributed by atoms with Crippen molar-refractivity contribution in [2.75, 3.05) is 7.05 Å². The maximum atomic E-state index is 4.47. The van der Waals surface area contributed by atoms with Crippen LogP contribution in [-0.2, 0) is 0 Å². The van der Waals surface area contributed by atoms with Crippen LogP contribution < -0.4 is 5.32 Å². The van der Waals surface area contributed by atoms with Crippen LogP contribution in [0, 0.1) is 6.92 Å². The Morgan fingerprint density at radius 2 is 2.29 bits per heavy atom. The van der Waals surface area contributed by atoms with Gasteiger partial charge in [-0.3, -0.25) is 0 Å². The van der Waals surface area contributed by atoms with Gasteiger partial charge in [0.25, 0.3) is 0 Å². The Morgan fingerprint density at radius 3 is 2.93 bits per heavy atom. The number of hydrogen-bond donors (Lipinski definition) is 1. The van der Waals surface area contributed by atoms with Crippen LogP contribution in [0.1, 0.15) is 24.4 Å². The van der Waals surface area contributed by atoms with Crippen LogP contribution in [0.5, 0.6) is 0 Å². The van der Waals surface area contributed by atoms with Gasteiger partial charge in [0.15, 0.2) is 5.65 Å². The summed E-state index contributed by atoms with van der Waals surface area (Å²) in [6.07, 6.45) is 1.81. The standard InChI is InChI=1S/C10H14N4/c1-7-4-5-12-10-6-9(8(2)11-3)13-14(7)10/h4-6,8,11H,1-3H3. The van der Waals surface area contributed by atoms with Crippen LogP contribution in [0.4, 0.5) is 0 Å². The Hall–Kier alpha value is -1.42. The molecule has 0 aromatic carbocycles. The molecule has 1 unspecified atom stereocenters. The average molecular weight is 190 g/mol. The van der Waals surface area contributed by atoms with Crippen molar-refractivity contribution >= 4 is 5.65 Å². The number of rotatable bonds is 2. The van der Waals surface area contributed by atoms with E-state index in [0.29, 0.717) is 0 Å². The minimum absolute atomic E-state index is 0.260. The van der Waals surface area contributed by atoms with Crippen molar-refractivity contribution < 1.29 is 0 Å². The van der Waals surface area contributed by atoms with E-state index < -0.39 is 0 Å². The number of hydrogen-bond acceptors (Lipinski definition) is 3. The zero-order valence-corrected chi connectivity index (χ0v) is 8.65. The Labute approximate surface area is 83.0 Å². The van der Waals surface area contributed by atoms with Gasteiger partial charge in [-0.25, -0.2) is 9.50 Å². The third-order valence-corrected chi connectivity index (χ3v) is 2.44. The third kappa shape index (κ3) is 1.37. The van der Waals surface area contributed by atoms with Crippen LogP contribution in [0.2, 0.25) is 0 Å². The predicted molar refractivity (Wildman–Crippen MR) is 55.2 cm³/mol. The molecule has 4 heteroatoms. The van der Waals surface area contributed by atoms with E-state index in [1.54, 1.807) is 6.20 Å². The van der Waals surface area contributed by atoms with Crippen molar-refractivity contribution in [2.24, 2.45) is 0 Å². The molecule has 2 aromatic rings. The Balaban J connectivity index is 2.56. The largest absolute Gasteiger partial charge is 0.312 e. The van der Waals surface area contributed by atoms with Gasteiger partial charge < -0.3 is 5.32 Å². The summed E-state index contributed by atoms with van der Waals surface area (Å²) in [5.74, 6) is 0. The summed E-state index contributed by atoms with van der Waals surface area (Å²) >= 11 is 0. The number of nitrogens with one attached hydrogen (secondary N) is 1. The fourth-order valence-electron chi connectivity index (χ4n) is 1.39. The lowest BCUT2D eigenvalue weighted by atomic mass is 10.2. The fraction of sp³-hybridized carbons (Fsp3) is 0.400. The highest BCUT2D eigenvalue weighted by Crippen LogP contribution is 2.12. The number of nitrogens with zero attached hydrogens (tertiary/aromatic N) is 3. The number of fused-ring (bicyclic) bond motifs is 1. The van der Waals surface area contributed by atoms with E-state index in [0.717, 1.165) is 17.0 Å². The summed E-state index contributed by atoms with van der Waals surface area (Å²) < 4.78 is 1.86. The highest BCUT2D eigenvalue weighted by atomic mass is 15.3. The minimum Gasteiger partial charge on any atom is -0.312 e. The van der Waals surface area contributed by atoms with E-state index in [2.05, 4.69) is 22.3 Å². The Kier molecular flexibility index (Phi) is 2.21. The molecule has 0 saturated heterocycles. The van der Waals surface area contributed by atoms with E-state index in [4.69, 9.17) is 0 Å². The molecule has 2 aromatic heterocycles. The number of aromatic nitrogens is 3. The molecule has 2 heterocycles. The third-order valence-electron chi connectivity index (χ3n) is 2.44. The van der Waals surface area contributed by atoms with E-state index in [1.165, 1.54) is 0 Å². The number of aryl methyl sites for hydroxylation is 1. The highest BCUT2D eigenvalue weighted by molar-refractivity contribution is 5.40. The second-order valence-electron chi connectivity index (χ2n) is 3.44. The van der Waals surface area contributed by atoms with Gasteiger partial charge in [-0.2, -0.15) is 5.10 Å². The molecule has 1 N–H and O–H groups in total. The zero-order valence-electron chi connectivity index (χ0n) is 8.65. The lowest BCUT2D eigenvalue weighted by molar-refractivity contribution is 0.624. The Morgan fingerprint density at radius 1 is 1.50 bits per heavy atom. The summed E-state index contributed by atoms with van der Waals surface area (Å²) in [6, 6.07) is 4.22. The van der Waals surface area contributed by atoms with Crippen molar-refractivity contribution in [3.63, 3.8) is 0 Å². The van der Waals surface area contributed by atoms with Gasteiger partial charge in [0.05, 0.1) is 5.69 Å². The van der Waals surface area contributed by atoms with Crippen LogP contribution in [0.25, 0.3) is 5.65 Å². The van der Waals surface area contributed by atoms with Crippen molar-refractivity contribution in [1.82, 2.24) is 19.9 Å². The second-order valence-corrected chi connectivity index (χ2v) is 3.44. The molecule has 0 aliphatic heterocycles. The quantitative estimate of drug-likeness (QED) is 0.776. The van der Waals surface area contributed by atoms with Gasteiger partial charge in [-0.1, -0.05) is 0 Å². The first-order valence-corrected chi connectivity index (χ1v) is 4.71. The van der Waals surface area contributed by atoms with E-state index in [-0.39, 0.29) is 6.04 Å². The summed E-state index contributed by atoms with van der Waals surface area (Å²) in [5.41, 5.74) is 3.03. The van der Waals surface area contributed by atoms with E-state index in [9.17, 15) is 0 Å². The smallest absolute Gasteiger partial charge is 0.155 e. The highest BCUT2D eigenvalue weighted by Gasteiger charge is 2.08. The van der Waals surface area contributed by atoms with Gasteiger partial charge in [-0.05, 0) is 27.0 Å². The zero-order chi connectivity index (χ0) is 10.1. The minimum atomic E-state index is 0.260. The first kappa shape index (κ1) is 9.15. The predicted octanol–water partition coefficient (Wildman–Crippen LogP) is 1.32. The van der Waals surface area contributed by atoms with Gasteiger partial charge >= 0.3 is 0 Å². The summed E-state index contributed by atoms with van der Waals surface area (Å²) in [4.78, 5) is 4.25. The maximum Gasteiger partial charge on any atom is 0.155 e. The summed E-state index contributed by atoms with van der Waals surface area (Å²) in [5, 5.41) is 7.63. The molecule has 14 heavy (non-hydrogen) atoms. The van der Waals surface area contributed by atoms with Crippen LogP contribution in [0.3, 0.4) is 0 Å². The average Bonchev–Trinajstić information content (AvgIpc) is 2.62. The maximum absolute atomic E-state index is 4.47. The van der Waals surface area contributed by atoms with Crippen molar-refractivity contribution in [3.05, 3.63) is 29.7 Å². The van der Waals surface area contributed by atoms with Crippen molar-refractivity contribution in [3.8, 4) is 0 Å². The molecular weight excluding hydrogens is 176 g/mol. The normalized spacial score (nSPS) is 13.4. The van der Waals surface area contributed by atoms with Crippen LogP contribution in [-0.4, -0.2) is 21.6 Å². The molecule has 0 spiro atoms. The van der Waals surface area contributed by atoms with Crippen molar-refractivity contribution in [1.29, 1.82) is 0 Å². The SMILES string of the molecule is CNC(C)c1cc2nccc(C)n2n1. The van der Waals surface area contributed by atoms with Gasteiger partial charge in [0.2, 0.25) is 0 Å². The lowest BCUT2D eigenvalue weighted by Crippen LogP contribution is -2.12. The van der Waals surface area contributed by atoms with Crippen LogP contribution >= 0.6 is 0 Å². The molecule has 2 rings (SSSR count). The summed E-state index contributed by atoms with van der Waals surface area (Å²) in [6.45, 7) is 4.10. The van der Waals surface area contributed by atoms with E-state index in [1.807, 2.05) is 30.6 Å². The molecule has 74 valence electrons. The van der Waals surface area contributed by atoms with Crippen molar-refractivity contribution in [2.45, 2.75) is 19.9 Å². The molecular formula is C10H14N4.